The summed E-state index contributed by atoms with van der Waals surface area (Å²) in [5.41, 5.74) is 0. The van der Waals surface area contributed by atoms with Gasteiger partial charge in [0.25, 0.3) is 0 Å². The second kappa shape index (κ2) is 5.87. The van der Waals surface area contributed by atoms with Gasteiger partial charge in [-0.3, -0.25) is 7.35 Å². The predicted octanol–water partition coefficient (Wildman–Crippen LogP) is -6.93. The Balaban J connectivity index is 0. The van der Waals surface area contributed by atoms with E-state index >= 15 is 0 Å². The summed E-state index contributed by atoms with van der Waals surface area (Å²) >= 11 is 0. The Hall–Kier alpha value is 1.87. The summed E-state index contributed by atoms with van der Waals surface area (Å²) in [6, 6.07) is 0. The van der Waals surface area contributed by atoms with Gasteiger partial charge < -0.3 is 0 Å². The normalized spacial score (nSPS) is 9.00. The molecule has 0 aliphatic heterocycles. The van der Waals surface area contributed by atoms with E-state index in [2.05, 4.69) is 0 Å². The SMILES string of the molecule is [Na+].[SiH3][Si-]([SiH3])[SiH3]. The zero-order valence-corrected chi connectivity index (χ0v) is 13.5. The molecule has 0 heterocycles. The summed E-state index contributed by atoms with van der Waals surface area (Å²) in [4.78, 5) is 0. The van der Waals surface area contributed by atoms with Gasteiger partial charge in [-0.15, -0.1) is 29.3 Å². The molecule has 5 heteroatoms. The van der Waals surface area contributed by atoms with Crippen molar-refractivity contribution in [3.8, 4) is 0 Å². The Morgan fingerprint density at radius 1 is 1.00 bits per heavy atom. The zero-order chi connectivity index (χ0) is 3.58. The van der Waals surface area contributed by atoms with Gasteiger partial charge in [0.1, 0.15) is 0 Å². The molecule has 0 aliphatic carbocycles. The summed E-state index contributed by atoms with van der Waals surface area (Å²) in [6.45, 7) is 0. The van der Waals surface area contributed by atoms with Crippen LogP contribution in [0.15, 0.2) is 0 Å². The van der Waals surface area contributed by atoms with Crippen molar-refractivity contribution < 1.29 is 29.6 Å². The van der Waals surface area contributed by atoms with Crippen LogP contribution in [-0.4, -0.2) is 36.6 Å². The van der Waals surface area contributed by atoms with E-state index in [0.29, 0.717) is 7.35 Å². The Morgan fingerprint density at radius 2 is 1.00 bits per heavy atom. The fourth-order valence-electron chi connectivity index (χ4n) is 0. The molecule has 0 rings (SSSR count). The zero-order valence-electron chi connectivity index (χ0n) is 4.50. The van der Waals surface area contributed by atoms with Gasteiger partial charge in [-0.25, -0.2) is 0 Å². The maximum absolute atomic E-state index is 1.57. The maximum Gasteiger partial charge on any atom is 1.00 e. The topological polar surface area (TPSA) is 0 Å². The van der Waals surface area contributed by atoms with Crippen molar-refractivity contribution in [1.29, 1.82) is 0 Å². The van der Waals surface area contributed by atoms with Gasteiger partial charge in [0.2, 0.25) is 0 Å². The van der Waals surface area contributed by atoms with Gasteiger partial charge in [-0.2, -0.15) is 0 Å². The third-order valence-electron chi connectivity index (χ3n) is 0. The van der Waals surface area contributed by atoms with E-state index in [0.717, 1.165) is 0 Å². The van der Waals surface area contributed by atoms with Crippen LogP contribution in [-0.2, 0) is 0 Å². The Bertz CT molecular complexity index is 8.36. The van der Waals surface area contributed by atoms with Crippen LogP contribution >= 0.6 is 0 Å². The molecular formula is H9NaSi4. The quantitative estimate of drug-likeness (QED) is 0.297. The van der Waals surface area contributed by atoms with Crippen LogP contribution in [0.4, 0.5) is 0 Å². The van der Waals surface area contributed by atoms with E-state index in [1.807, 2.05) is 0 Å². The minimum absolute atomic E-state index is 0. The predicted molar refractivity (Wildman–Crippen MR) is 35.6 cm³/mol. The van der Waals surface area contributed by atoms with Gasteiger partial charge in [-0.1, -0.05) is 0 Å². The summed E-state index contributed by atoms with van der Waals surface area (Å²) in [6.07, 6.45) is 0. The Kier molecular flexibility index (Phi) is 11.7. The smallest absolute Gasteiger partial charge is 0.283 e. The molecule has 0 aliphatic rings. The first-order valence-corrected chi connectivity index (χ1v) is 13.5. The Morgan fingerprint density at radius 3 is 1.00 bits per heavy atom. The molecule has 0 aromatic heterocycles. The molecule has 5 heavy (non-hydrogen) atoms. The molecule has 0 N–H and O–H groups in total. The monoisotopic (exact) mass is 144 g/mol. The first-order valence-electron chi connectivity index (χ1n) is 1.50. The van der Waals surface area contributed by atoms with Crippen LogP contribution < -0.4 is 29.6 Å². The van der Waals surface area contributed by atoms with Crippen LogP contribution in [0.2, 0.25) is 0 Å². The molecular weight excluding hydrogens is 135 g/mol. The van der Waals surface area contributed by atoms with Crippen molar-refractivity contribution in [3.63, 3.8) is 0 Å². The van der Waals surface area contributed by atoms with E-state index < -0.39 is 0 Å². The third kappa shape index (κ3) is 25.2. The van der Waals surface area contributed by atoms with E-state index in [1.165, 1.54) is 0 Å². The second-order valence-corrected chi connectivity index (χ2v) is 40.5. The summed E-state index contributed by atoms with van der Waals surface area (Å²) in [5, 5.41) is 0. The maximum atomic E-state index is 1.57. The summed E-state index contributed by atoms with van der Waals surface area (Å²) < 4.78 is 0. The molecule has 0 amide bonds. The molecule has 0 saturated carbocycles. The van der Waals surface area contributed by atoms with Crippen LogP contribution in [0.3, 0.4) is 0 Å². The number of rotatable bonds is 0. The van der Waals surface area contributed by atoms with E-state index in [-0.39, 0.29) is 29.6 Å². The average Bonchev–Trinajstić information content (AvgIpc) is 0.811. The van der Waals surface area contributed by atoms with Crippen molar-refractivity contribution in [2.24, 2.45) is 0 Å². The second-order valence-electron chi connectivity index (χ2n) is 1.50. The van der Waals surface area contributed by atoms with Crippen molar-refractivity contribution in [1.82, 2.24) is 0 Å². The van der Waals surface area contributed by atoms with Crippen LogP contribution in [0, 0.1) is 0 Å². The molecule has 0 unspecified atom stereocenters. The number of hydrogen-bond donors (Lipinski definition) is 0. The van der Waals surface area contributed by atoms with Gasteiger partial charge in [-0.05, 0) is 0 Å². The third-order valence-corrected chi connectivity index (χ3v) is 0. The van der Waals surface area contributed by atoms with Crippen LogP contribution in [0.1, 0.15) is 0 Å². The Labute approximate surface area is 65.6 Å². The first-order chi connectivity index (χ1) is 1.73. The number of hydrogen-bond acceptors (Lipinski definition) is 0. The first kappa shape index (κ1) is 9.98. The van der Waals surface area contributed by atoms with Crippen molar-refractivity contribution in [2.75, 3.05) is 0 Å². The van der Waals surface area contributed by atoms with E-state index in [9.17, 15) is 0 Å². The van der Waals surface area contributed by atoms with E-state index in [1.54, 1.807) is 29.3 Å². The molecule has 0 atom stereocenters. The van der Waals surface area contributed by atoms with Gasteiger partial charge in [0.05, 0.1) is 0 Å². The largest absolute Gasteiger partial charge is 1.00 e. The summed E-state index contributed by atoms with van der Waals surface area (Å²) in [7, 11) is 5.26. The minimum Gasteiger partial charge on any atom is -0.283 e. The molecule has 0 fully saturated rings. The van der Waals surface area contributed by atoms with Gasteiger partial charge in [0.15, 0.2) is 0 Å². The van der Waals surface area contributed by atoms with Crippen molar-refractivity contribution in [2.45, 2.75) is 0 Å². The van der Waals surface area contributed by atoms with Crippen molar-refractivity contribution in [3.05, 3.63) is 0 Å². The van der Waals surface area contributed by atoms with Crippen LogP contribution in [0.25, 0.3) is 0 Å². The molecule has 0 radical (unpaired) electrons. The molecule has 0 spiro atoms. The fourth-order valence-corrected chi connectivity index (χ4v) is 0. The fraction of sp³-hybridized carbons (Fsp3) is 0. The van der Waals surface area contributed by atoms with Gasteiger partial charge >= 0.3 is 29.6 Å². The molecule has 0 saturated heterocycles. The standard InChI is InChI=1S/Na.H9Si4/c;1-4(2)3/h;1-3H3/q+1;-1. The minimum atomic E-state index is 0. The average molecular weight is 144 g/mol. The summed E-state index contributed by atoms with van der Waals surface area (Å²) in [5.74, 6) is 0. The van der Waals surface area contributed by atoms with Crippen molar-refractivity contribution >= 4 is 36.6 Å². The molecule has 26 valence electrons. The molecule has 0 aromatic carbocycles. The van der Waals surface area contributed by atoms with Gasteiger partial charge in [0, 0.05) is 0 Å². The molecule has 0 nitrogen and oxygen atoms in total. The van der Waals surface area contributed by atoms with E-state index in [4.69, 9.17) is 0 Å². The molecule has 0 aromatic rings. The van der Waals surface area contributed by atoms with Crippen LogP contribution in [0.5, 0.6) is 0 Å². The molecule has 0 bridgehead atoms.